The summed E-state index contributed by atoms with van der Waals surface area (Å²) < 4.78 is 17.3. The predicted molar refractivity (Wildman–Crippen MR) is 154 cm³/mol. The lowest BCUT2D eigenvalue weighted by Gasteiger charge is -2.29. The van der Waals surface area contributed by atoms with Crippen LogP contribution in [0.15, 0.2) is 78.4 Å². The molecule has 8 nitrogen and oxygen atoms in total. The fourth-order valence-corrected chi connectivity index (χ4v) is 5.84. The Morgan fingerprint density at radius 3 is 2.54 bits per heavy atom. The molecule has 3 aromatic rings. The molecule has 0 aliphatic carbocycles. The van der Waals surface area contributed by atoms with Crippen LogP contribution in [0.1, 0.15) is 36.1 Å². The number of aliphatic hydroxyl groups excluding tert-OH is 1. The third kappa shape index (κ3) is 5.71. The molecule has 0 radical (unpaired) electrons. The number of carbonyl (C=O) groups is 2. The second-order valence-corrected chi connectivity index (χ2v) is 10.7. The number of ether oxygens (including phenoxy) is 3. The molecular formula is C33H34N2O6. The number of aliphatic hydroxyl groups is 1. The number of benzene rings is 3. The summed E-state index contributed by atoms with van der Waals surface area (Å²) in [5.41, 5.74) is 2.25. The van der Waals surface area contributed by atoms with Crippen LogP contribution in [0.5, 0.6) is 17.2 Å². The summed E-state index contributed by atoms with van der Waals surface area (Å²) in [5.74, 6) is 0.570. The molecule has 0 unspecified atom stereocenters. The second-order valence-electron chi connectivity index (χ2n) is 10.7. The molecule has 3 aromatic carbocycles. The monoisotopic (exact) mass is 554 g/mol. The molecule has 0 saturated carbocycles. The Kier molecular flexibility index (Phi) is 7.76. The molecule has 8 heteroatoms. The van der Waals surface area contributed by atoms with Gasteiger partial charge in [0.1, 0.15) is 29.1 Å². The van der Waals surface area contributed by atoms with E-state index >= 15 is 0 Å². The van der Waals surface area contributed by atoms with E-state index in [1.54, 1.807) is 11.0 Å². The summed E-state index contributed by atoms with van der Waals surface area (Å²) in [6, 6.07) is 21.5. The first-order chi connectivity index (χ1) is 20.0. The number of amides is 1. The summed E-state index contributed by atoms with van der Waals surface area (Å²) in [7, 11) is 0. The van der Waals surface area contributed by atoms with Crippen molar-refractivity contribution in [2.24, 2.45) is 0 Å². The Bertz CT molecular complexity index is 1460. The maximum atomic E-state index is 13.5. The highest BCUT2D eigenvalue weighted by atomic mass is 16.5. The van der Waals surface area contributed by atoms with Crippen LogP contribution in [-0.4, -0.2) is 72.1 Å². The Morgan fingerprint density at radius 1 is 0.951 bits per heavy atom. The van der Waals surface area contributed by atoms with Crippen LogP contribution in [-0.2, 0) is 20.7 Å². The minimum Gasteiger partial charge on any atom is -0.507 e. The number of hydrogen-bond acceptors (Lipinski definition) is 7. The Morgan fingerprint density at radius 2 is 1.73 bits per heavy atom. The molecule has 0 bridgehead atoms. The van der Waals surface area contributed by atoms with Gasteiger partial charge in [-0.25, -0.2) is 0 Å². The first-order valence-corrected chi connectivity index (χ1v) is 14.2. The van der Waals surface area contributed by atoms with Crippen molar-refractivity contribution in [1.82, 2.24) is 9.80 Å². The highest BCUT2D eigenvalue weighted by Crippen LogP contribution is 2.41. The summed E-state index contributed by atoms with van der Waals surface area (Å²) in [5, 5.41) is 11.6. The number of morpholine rings is 1. The quantitative estimate of drug-likeness (QED) is 0.240. The van der Waals surface area contributed by atoms with Crippen molar-refractivity contribution in [3.63, 3.8) is 0 Å². The number of rotatable bonds is 8. The molecule has 6 rings (SSSR count). The van der Waals surface area contributed by atoms with E-state index in [0.717, 1.165) is 30.9 Å². The van der Waals surface area contributed by atoms with Crippen LogP contribution in [0, 0.1) is 0 Å². The lowest BCUT2D eigenvalue weighted by atomic mass is 9.94. The standard InChI is InChI=1S/C33H34N2O6/c1-22-19-25-20-24(11-12-28(25)40-22)31(36)29-30(23-7-5-10-27(21-23)41-26-8-3-2-4-9-26)35(33(38)32(29)37)14-6-13-34-15-17-39-18-16-34/h2-5,7-12,20-22,30,36H,6,13-19H2,1H3/t22-,30+/m1/s1. The van der Waals surface area contributed by atoms with E-state index in [-0.39, 0.29) is 17.4 Å². The minimum absolute atomic E-state index is 0.0480. The third-order valence-corrected chi connectivity index (χ3v) is 7.84. The average molecular weight is 555 g/mol. The van der Waals surface area contributed by atoms with Crippen LogP contribution in [0.25, 0.3) is 5.76 Å². The first-order valence-electron chi connectivity index (χ1n) is 14.2. The van der Waals surface area contributed by atoms with Gasteiger partial charge in [-0.1, -0.05) is 30.3 Å². The highest BCUT2D eigenvalue weighted by Gasteiger charge is 2.46. The van der Waals surface area contributed by atoms with Gasteiger partial charge in [0.25, 0.3) is 11.7 Å². The van der Waals surface area contributed by atoms with E-state index in [1.807, 2.05) is 73.7 Å². The molecular weight excluding hydrogens is 520 g/mol. The van der Waals surface area contributed by atoms with Crippen molar-refractivity contribution in [3.05, 3.63) is 95.1 Å². The second kappa shape index (κ2) is 11.8. The zero-order chi connectivity index (χ0) is 28.3. The van der Waals surface area contributed by atoms with Crippen molar-refractivity contribution in [2.75, 3.05) is 39.4 Å². The summed E-state index contributed by atoms with van der Waals surface area (Å²) in [6.07, 6.45) is 1.46. The number of likely N-dealkylation sites (tertiary alicyclic amines) is 1. The normalized spacial score (nSPS) is 22.0. The Hall–Kier alpha value is -4.14. The lowest BCUT2D eigenvalue weighted by Crippen LogP contribution is -2.38. The topological polar surface area (TPSA) is 88.5 Å². The largest absolute Gasteiger partial charge is 0.507 e. The predicted octanol–water partition coefficient (Wildman–Crippen LogP) is 4.95. The molecule has 2 atom stereocenters. The fraction of sp³-hybridized carbons (Fsp3) is 0.333. The number of carbonyl (C=O) groups excluding carboxylic acids is 2. The number of fused-ring (bicyclic) bond motifs is 1. The van der Waals surface area contributed by atoms with Gasteiger partial charge in [-0.15, -0.1) is 0 Å². The van der Waals surface area contributed by atoms with Gasteiger partial charge in [-0.3, -0.25) is 14.5 Å². The molecule has 3 heterocycles. The molecule has 2 saturated heterocycles. The van der Waals surface area contributed by atoms with Crippen molar-refractivity contribution in [2.45, 2.75) is 31.9 Å². The number of Topliss-reactive ketones (excluding diaryl/α,β-unsaturated/α-hetero) is 1. The maximum absolute atomic E-state index is 13.5. The molecule has 1 N–H and O–H groups in total. The molecule has 41 heavy (non-hydrogen) atoms. The van der Waals surface area contributed by atoms with Crippen LogP contribution < -0.4 is 9.47 Å². The molecule has 212 valence electrons. The van der Waals surface area contributed by atoms with E-state index in [1.165, 1.54) is 0 Å². The molecule has 3 aliphatic heterocycles. The van der Waals surface area contributed by atoms with Crippen molar-refractivity contribution < 1.29 is 28.9 Å². The van der Waals surface area contributed by atoms with Crippen LogP contribution in [0.2, 0.25) is 0 Å². The SMILES string of the molecule is C[C@@H]1Cc2cc(C(O)=C3C(=O)C(=O)N(CCCN4CCOCC4)[C@H]3c3cccc(Oc4ccccc4)c3)ccc2O1. The highest BCUT2D eigenvalue weighted by molar-refractivity contribution is 6.46. The summed E-state index contributed by atoms with van der Waals surface area (Å²) >= 11 is 0. The van der Waals surface area contributed by atoms with Crippen molar-refractivity contribution >= 4 is 17.4 Å². The fourth-order valence-electron chi connectivity index (χ4n) is 5.84. The van der Waals surface area contributed by atoms with Crippen LogP contribution in [0.3, 0.4) is 0 Å². The summed E-state index contributed by atoms with van der Waals surface area (Å²) in [6.45, 7) is 6.25. The van der Waals surface area contributed by atoms with Gasteiger partial charge in [0.05, 0.1) is 24.8 Å². The Balaban J connectivity index is 1.35. The molecule has 2 fully saturated rings. The maximum Gasteiger partial charge on any atom is 0.295 e. The zero-order valence-electron chi connectivity index (χ0n) is 23.1. The number of nitrogens with zero attached hydrogens (tertiary/aromatic N) is 2. The van der Waals surface area contributed by atoms with E-state index in [2.05, 4.69) is 4.90 Å². The molecule has 0 aromatic heterocycles. The molecule has 3 aliphatic rings. The zero-order valence-corrected chi connectivity index (χ0v) is 23.1. The van der Waals surface area contributed by atoms with Crippen molar-refractivity contribution in [3.8, 4) is 17.2 Å². The number of ketones is 1. The average Bonchev–Trinajstić information content (AvgIpc) is 3.49. The lowest BCUT2D eigenvalue weighted by molar-refractivity contribution is -0.140. The van der Waals surface area contributed by atoms with Gasteiger partial charge in [0.2, 0.25) is 0 Å². The van der Waals surface area contributed by atoms with Gasteiger partial charge in [0.15, 0.2) is 0 Å². The van der Waals surface area contributed by atoms with E-state index in [0.29, 0.717) is 55.2 Å². The van der Waals surface area contributed by atoms with E-state index in [4.69, 9.17) is 14.2 Å². The van der Waals surface area contributed by atoms with Crippen LogP contribution >= 0.6 is 0 Å². The van der Waals surface area contributed by atoms with Crippen LogP contribution in [0.4, 0.5) is 0 Å². The van der Waals surface area contributed by atoms with Crippen molar-refractivity contribution in [1.29, 1.82) is 0 Å². The smallest absolute Gasteiger partial charge is 0.295 e. The number of hydrogen-bond donors (Lipinski definition) is 1. The Labute approximate surface area is 239 Å². The number of para-hydroxylation sites is 1. The van der Waals surface area contributed by atoms with Gasteiger partial charge < -0.3 is 24.2 Å². The summed E-state index contributed by atoms with van der Waals surface area (Å²) in [4.78, 5) is 30.9. The molecule has 1 amide bonds. The first kappa shape index (κ1) is 27.1. The van der Waals surface area contributed by atoms with Gasteiger partial charge in [-0.2, -0.15) is 0 Å². The van der Waals surface area contributed by atoms with Gasteiger partial charge >= 0.3 is 0 Å². The van der Waals surface area contributed by atoms with Gasteiger partial charge in [0, 0.05) is 38.2 Å². The molecule has 0 spiro atoms. The minimum atomic E-state index is -0.748. The van der Waals surface area contributed by atoms with E-state index in [9.17, 15) is 14.7 Å². The van der Waals surface area contributed by atoms with E-state index < -0.39 is 17.7 Å². The van der Waals surface area contributed by atoms with Gasteiger partial charge in [-0.05, 0) is 66.9 Å². The third-order valence-electron chi connectivity index (χ3n) is 7.84.